The van der Waals surface area contributed by atoms with E-state index in [0.717, 1.165) is 23.1 Å². The molecule has 1 heterocycles. The molecule has 0 aromatic rings. The highest BCUT2D eigenvalue weighted by Crippen LogP contribution is 2.22. The van der Waals surface area contributed by atoms with Gasteiger partial charge in [-0.15, -0.1) is 0 Å². The minimum Gasteiger partial charge on any atom is -0.462 e. The molecule has 1 aliphatic rings. The SMILES string of the molecule is CC(=C/C=C/C(C)=C/C(O)C(O)CC(C)O)C=C(C)/C=C/C(=O)OC1CCCC(=O)OC(C(C)C)C/C=C/CC1C. The summed E-state index contributed by atoms with van der Waals surface area (Å²) in [6, 6.07) is 0. The van der Waals surface area contributed by atoms with Crippen molar-refractivity contribution < 1.29 is 34.4 Å². The summed E-state index contributed by atoms with van der Waals surface area (Å²) in [4.78, 5) is 24.9. The molecular formula is C34H52O7. The zero-order chi connectivity index (χ0) is 30.9. The van der Waals surface area contributed by atoms with Crippen molar-refractivity contribution >= 4 is 11.9 Å². The largest absolute Gasteiger partial charge is 0.462 e. The molecular weight excluding hydrogens is 520 g/mol. The fraction of sp³-hybridized carbons (Fsp3) is 0.588. The van der Waals surface area contributed by atoms with Crippen molar-refractivity contribution in [2.75, 3.05) is 0 Å². The monoisotopic (exact) mass is 572 g/mol. The highest BCUT2D eigenvalue weighted by Gasteiger charge is 2.23. The number of hydrogen-bond donors (Lipinski definition) is 3. The average Bonchev–Trinajstić information content (AvgIpc) is 2.87. The van der Waals surface area contributed by atoms with E-state index in [1.807, 2.05) is 45.1 Å². The highest BCUT2D eigenvalue weighted by molar-refractivity contribution is 5.82. The smallest absolute Gasteiger partial charge is 0.331 e. The van der Waals surface area contributed by atoms with Crippen LogP contribution in [0.15, 0.2) is 71.4 Å². The fourth-order valence-corrected chi connectivity index (χ4v) is 4.40. The number of rotatable bonds is 11. The van der Waals surface area contributed by atoms with Gasteiger partial charge in [-0.1, -0.05) is 86.1 Å². The number of hydrogen-bond acceptors (Lipinski definition) is 7. The van der Waals surface area contributed by atoms with Gasteiger partial charge in [0.25, 0.3) is 0 Å². The predicted octanol–water partition coefficient (Wildman–Crippen LogP) is 6.07. The molecule has 1 aliphatic heterocycles. The number of allylic oxidation sites excluding steroid dienone is 9. The van der Waals surface area contributed by atoms with Gasteiger partial charge in [0.1, 0.15) is 12.2 Å². The van der Waals surface area contributed by atoms with Crippen LogP contribution in [0.25, 0.3) is 0 Å². The van der Waals surface area contributed by atoms with Crippen LogP contribution >= 0.6 is 0 Å². The Morgan fingerprint density at radius 3 is 2.37 bits per heavy atom. The van der Waals surface area contributed by atoms with Gasteiger partial charge in [-0.3, -0.25) is 4.79 Å². The van der Waals surface area contributed by atoms with Gasteiger partial charge >= 0.3 is 11.9 Å². The van der Waals surface area contributed by atoms with Gasteiger partial charge in [0.15, 0.2) is 0 Å². The van der Waals surface area contributed by atoms with Gasteiger partial charge in [-0.05, 0) is 58.8 Å². The van der Waals surface area contributed by atoms with Crippen molar-refractivity contribution in [2.45, 2.75) is 118 Å². The molecule has 0 bridgehead atoms. The molecule has 3 N–H and O–H groups in total. The molecule has 0 aromatic heterocycles. The topological polar surface area (TPSA) is 113 Å². The van der Waals surface area contributed by atoms with Crippen molar-refractivity contribution in [1.29, 1.82) is 0 Å². The van der Waals surface area contributed by atoms with E-state index < -0.39 is 24.3 Å². The average molecular weight is 573 g/mol. The maximum absolute atomic E-state index is 12.6. The molecule has 0 aromatic carbocycles. The quantitative estimate of drug-likeness (QED) is 0.119. The zero-order valence-corrected chi connectivity index (χ0v) is 26.0. The summed E-state index contributed by atoms with van der Waals surface area (Å²) in [7, 11) is 0. The molecule has 0 saturated carbocycles. The molecule has 7 nitrogen and oxygen atoms in total. The molecule has 230 valence electrons. The lowest BCUT2D eigenvalue weighted by molar-refractivity contribution is -0.151. The van der Waals surface area contributed by atoms with Crippen LogP contribution < -0.4 is 0 Å². The van der Waals surface area contributed by atoms with Gasteiger partial charge in [-0.2, -0.15) is 0 Å². The number of esters is 2. The third-order valence-electron chi connectivity index (χ3n) is 6.91. The van der Waals surface area contributed by atoms with E-state index in [4.69, 9.17) is 9.47 Å². The summed E-state index contributed by atoms with van der Waals surface area (Å²) in [5, 5.41) is 29.3. The van der Waals surface area contributed by atoms with Crippen molar-refractivity contribution in [3.63, 3.8) is 0 Å². The van der Waals surface area contributed by atoms with Crippen molar-refractivity contribution in [2.24, 2.45) is 11.8 Å². The number of carbonyl (C=O) groups excluding carboxylic acids is 2. The molecule has 1 rings (SSSR count). The Kier molecular flexibility index (Phi) is 17.2. The van der Waals surface area contributed by atoms with E-state index in [9.17, 15) is 24.9 Å². The van der Waals surface area contributed by atoms with E-state index in [0.29, 0.717) is 25.7 Å². The summed E-state index contributed by atoms with van der Waals surface area (Å²) in [6.45, 7) is 13.4. The Morgan fingerprint density at radius 2 is 1.71 bits per heavy atom. The Balaban J connectivity index is 2.73. The third kappa shape index (κ3) is 16.3. The molecule has 41 heavy (non-hydrogen) atoms. The highest BCUT2D eigenvalue weighted by atomic mass is 16.5. The van der Waals surface area contributed by atoms with E-state index >= 15 is 0 Å². The lowest BCUT2D eigenvalue weighted by atomic mass is 9.94. The van der Waals surface area contributed by atoms with E-state index in [1.54, 1.807) is 19.1 Å². The fourth-order valence-electron chi connectivity index (χ4n) is 4.40. The van der Waals surface area contributed by atoms with E-state index in [-0.39, 0.29) is 36.4 Å². The zero-order valence-electron chi connectivity index (χ0n) is 26.0. The lowest BCUT2D eigenvalue weighted by Gasteiger charge is -2.24. The molecule has 0 fully saturated rings. The minimum absolute atomic E-state index is 0.102. The first-order valence-electron chi connectivity index (χ1n) is 14.8. The van der Waals surface area contributed by atoms with Crippen molar-refractivity contribution in [3.05, 3.63) is 71.4 Å². The van der Waals surface area contributed by atoms with E-state index in [1.165, 1.54) is 6.08 Å². The second-order valence-corrected chi connectivity index (χ2v) is 11.6. The first-order valence-corrected chi connectivity index (χ1v) is 14.8. The normalized spacial score (nSPS) is 25.4. The number of aliphatic hydroxyl groups is 3. The number of carbonyl (C=O) groups is 2. The Bertz CT molecular complexity index is 997. The van der Waals surface area contributed by atoms with Crippen LogP contribution in [-0.4, -0.2) is 57.8 Å². The summed E-state index contributed by atoms with van der Waals surface area (Å²) in [6.07, 6.45) is 16.3. The molecule has 0 spiro atoms. The van der Waals surface area contributed by atoms with Crippen molar-refractivity contribution in [3.8, 4) is 0 Å². The van der Waals surface area contributed by atoms with Crippen LogP contribution in [-0.2, 0) is 19.1 Å². The minimum atomic E-state index is -1.05. The maximum atomic E-state index is 12.6. The summed E-state index contributed by atoms with van der Waals surface area (Å²) >= 11 is 0. The van der Waals surface area contributed by atoms with E-state index in [2.05, 4.69) is 32.9 Å². The standard InChI is InChI=1S/C34H52O7/c1-23(2)31-15-9-8-14-27(6)32(16-11-17-33(38)40-31)41-34(39)19-18-26(5)20-24(3)12-10-13-25(4)21-29(36)30(37)22-28(7)35/h8-10,12-13,18-21,23,27-32,35-37H,11,14-17,22H2,1-7H3/b9-8+,13-10+,19-18+,24-12?,25-21+,26-20?. The third-order valence-corrected chi connectivity index (χ3v) is 6.91. The first kappa shape index (κ1) is 36.3. The van der Waals surface area contributed by atoms with Gasteiger partial charge in [-0.25, -0.2) is 4.79 Å². The second kappa shape index (κ2) is 19.4. The summed E-state index contributed by atoms with van der Waals surface area (Å²) in [5.41, 5.74) is 2.62. The lowest BCUT2D eigenvalue weighted by Crippen LogP contribution is -2.27. The van der Waals surface area contributed by atoms with Crippen LogP contribution in [0.2, 0.25) is 0 Å². The first-order chi connectivity index (χ1) is 19.3. The van der Waals surface area contributed by atoms with Crippen LogP contribution in [0.3, 0.4) is 0 Å². The van der Waals surface area contributed by atoms with Gasteiger partial charge in [0, 0.05) is 25.3 Å². The molecule has 6 atom stereocenters. The summed E-state index contributed by atoms with van der Waals surface area (Å²) in [5.74, 6) is -0.228. The number of cyclic esters (lactones) is 1. The Hall–Kier alpha value is -2.74. The molecule has 7 heteroatoms. The summed E-state index contributed by atoms with van der Waals surface area (Å²) < 4.78 is 11.4. The van der Waals surface area contributed by atoms with Crippen LogP contribution in [0.5, 0.6) is 0 Å². The molecule has 0 aliphatic carbocycles. The van der Waals surface area contributed by atoms with Gasteiger partial charge < -0.3 is 24.8 Å². The van der Waals surface area contributed by atoms with Gasteiger partial charge in [0.05, 0.1) is 18.3 Å². The molecule has 6 unspecified atom stereocenters. The van der Waals surface area contributed by atoms with Crippen LogP contribution in [0.4, 0.5) is 0 Å². The van der Waals surface area contributed by atoms with Gasteiger partial charge in [0.2, 0.25) is 0 Å². The molecule has 0 radical (unpaired) electrons. The molecule has 0 amide bonds. The van der Waals surface area contributed by atoms with Crippen molar-refractivity contribution in [1.82, 2.24) is 0 Å². The molecule has 0 saturated heterocycles. The Morgan fingerprint density at radius 1 is 1.02 bits per heavy atom. The maximum Gasteiger partial charge on any atom is 0.331 e. The Labute approximate surface area is 247 Å². The number of ether oxygens (including phenoxy) is 2. The second-order valence-electron chi connectivity index (χ2n) is 11.6. The van der Waals surface area contributed by atoms with Crippen LogP contribution in [0.1, 0.15) is 87.0 Å². The predicted molar refractivity (Wildman–Crippen MR) is 164 cm³/mol. The van der Waals surface area contributed by atoms with Crippen LogP contribution in [0, 0.1) is 11.8 Å². The number of aliphatic hydroxyl groups excluding tert-OH is 3.